The molecule has 72 valence electrons. The summed E-state index contributed by atoms with van der Waals surface area (Å²) >= 11 is 0. The van der Waals surface area contributed by atoms with Crippen LogP contribution in [0.2, 0.25) is 0 Å². The minimum absolute atomic E-state index is 0.210. The first-order chi connectivity index (χ1) is 5.53. The molecule has 3 N–H and O–H groups in total. The van der Waals surface area contributed by atoms with Crippen molar-refractivity contribution < 1.29 is 15.3 Å². The molecular formula is C8H17NO3. The van der Waals surface area contributed by atoms with Gasteiger partial charge in [-0.2, -0.15) is 0 Å². The van der Waals surface area contributed by atoms with Crippen molar-refractivity contribution >= 4 is 0 Å². The summed E-state index contributed by atoms with van der Waals surface area (Å²) in [5.74, 6) is 0. The van der Waals surface area contributed by atoms with Crippen molar-refractivity contribution in [3.63, 3.8) is 0 Å². The molecule has 1 rings (SSSR count). The van der Waals surface area contributed by atoms with Crippen molar-refractivity contribution in [2.75, 3.05) is 26.2 Å². The van der Waals surface area contributed by atoms with Crippen molar-refractivity contribution in [3.05, 3.63) is 0 Å². The number of hydrogen-bond acceptors (Lipinski definition) is 4. The molecule has 2 unspecified atom stereocenters. The van der Waals surface area contributed by atoms with Gasteiger partial charge in [0.25, 0.3) is 0 Å². The Labute approximate surface area is 72.4 Å². The largest absolute Gasteiger partial charge is 0.394 e. The summed E-state index contributed by atoms with van der Waals surface area (Å²) in [6.07, 6.45) is 0.0596. The molecule has 0 bridgehead atoms. The summed E-state index contributed by atoms with van der Waals surface area (Å²) in [6.45, 7) is 3.41. The minimum Gasteiger partial charge on any atom is -0.394 e. The number of rotatable bonds is 3. The van der Waals surface area contributed by atoms with Gasteiger partial charge in [0, 0.05) is 19.6 Å². The van der Waals surface area contributed by atoms with Gasteiger partial charge in [-0.05, 0) is 13.3 Å². The van der Waals surface area contributed by atoms with E-state index in [9.17, 15) is 5.11 Å². The molecule has 0 amide bonds. The Hall–Kier alpha value is -0.160. The van der Waals surface area contributed by atoms with E-state index in [1.54, 1.807) is 6.92 Å². The van der Waals surface area contributed by atoms with E-state index in [-0.39, 0.29) is 6.61 Å². The van der Waals surface area contributed by atoms with Gasteiger partial charge in [-0.3, -0.25) is 4.90 Å². The summed E-state index contributed by atoms with van der Waals surface area (Å²) in [7, 11) is 0. The summed E-state index contributed by atoms with van der Waals surface area (Å²) in [6, 6.07) is 0. The van der Waals surface area contributed by atoms with E-state index >= 15 is 0 Å². The van der Waals surface area contributed by atoms with Crippen LogP contribution in [0.15, 0.2) is 0 Å². The predicted molar refractivity (Wildman–Crippen MR) is 44.8 cm³/mol. The molecule has 4 nitrogen and oxygen atoms in total. The maximum absolute atomic E-state index is 9.56. The number of hydrogen-bond donors (Lipinski definition) is 3. The van der Waals surface area contributed by atoms with E-state index in [1.165, 1.54) is 0 Å². The van der Waals surface area contributed by atoms with E-state index in [1.807, 2.05) is 4.90 Å². The molecule has 1 saturated heterocycles. The number of likely N-dealkylation sites (tertiary alicyclic amines) is 1. The number of β-amino-alcohol motifs (C(OH)–C–C–N with tert-alkyl or cyclic N) is 2. The Morgan fingerprint density at radius 1 is 1.58 bits per heavy atom. The molecule has 0 radical (unpaired) electrons. The lowest BCUT2D eigenvalue weighted by molar-refractivity contribution is 0.0424. The highest BCUT2D eigenvalue weighted by molar-refractivity contribution is 4.86. The third-order valence-corrected chi connectivity index (χ3v) is 2.21. The Kier molecular flexibility index (Phi) is 3.06. The third-order valence-electron chi connectivity index (χ3n) is 2.21. The Morgan fingerprint density at radius 2 is 2.25 bits per heavy atom. The normalized spacial score (nSPS) is 34.0. The molecule has 1 aliphatic rings. The summed E-state index contributed by atoms with van der Waals surface area (Å²) in [4.78, 5) is 1.96. The quantitative estimate of drug-likeness (QED) is 0.504. The SMILES string of the molecule is CC1(O)CCN(CC(O)CO)C1. The van der Waals surface area contributed by atoms with E-state index in [0.717, 1.165) is 13.0 Å². The Morgan fingerprint density at radius 3 is 2.67 bits per heavy atom. The second-order valence-electron chi connectivity index (χ2n) is 3.82. The molecule has 2 atom stereocenters. The lowest BCUT2D eigenvalue weighted by atomic mass is 10.1. The second-order valence-corrected chi connectivity index (χ2v) is 3.82. The van der Waals surface area contributed by atoms with Gasteiger partial charge in [0.05, 0.1) is 18.3 Å². The van der Waals surface area contributed by atoms with E-state index < -0.39 is 11.7 Å². The van der Waals surface area contributed by atoms with Crippen molar-refractivity contribution in [1.82, 2.24) is 4.90 Å². The van der Waals surface area contributed by atoms with Crippen molar-refractivity contribution in [2.24, 2.45) is 0 Å². The molecule has 0 aliphatic carbocycles. The highest BCUT2D eigenvalue weighted by Crippen LogP contribution is 2.19. The van der Waals surface area contributed by atoms with Gasteiger partial charge in [-0.25, -0.2) is 0 Å². The maximum Gasteiger partial charge on any atom is 0.0897 e. The summed E-state index contributed by atoms with van der Waals surface area (Å²) in [5.41, 5.74) is -0.616. The minimum atomic E-state index is -0.682. The molecule has 0 aromatic rings. The van der Waals surface area contributed by atoms with Gasteiger partial charge in [0.1, 0.15) is 0 Å². The first kappa shape index (κ1) is 9.92. The molecule has 12 heavy (non-hydrogen) atoms. The van der Waals surface area contributed by atoms with Crippen LogP contribution < -0.4 is 0 Å². The van der Waals surface area contributed by atoms with Gasteiger partial charge in [0.2, 0.25) is 0 Å². The van der Waals surface area contributed by atoms with Crippen molar-refractivity contribution in [1.29, 1.82) is 0 Å². The average molecular weight is 175 g/mol. The fourth-order valence-corrected chi connectivity index (χ4v) is 1.55. The fourth-order valence-electron chi connectivity index (χ4n) is 1.55. The first-order valence-corrected chi connectivity index (χ1v) is 4.27. The lowest BCUT2D eigenvalue weighted by Crippen LogP contribution is -2.35. The molecule has 4 heteroatoms. The standard InChI is InChI=1S/C8H17NO3/c1-8(12)2-3-9(6-8)4-7(11)5-10/h7,10-12H,2-6H2,1H3. The van der Waals surface area contributed by atoms with Crippen LogP contribution in [-0.4, -0.2) is 58.2 Å². The van der Waals surface area contributed by atoms with E-state index in [2.05, 4.69) is 0 Å². The van der Waals surface area contributed by atoms with Crippen LogP contribution in [-0.2, 0) is 0 Å². The molecule has 1 heterocycles. The van der Waals surface area contributed by atoms with Crippen LogP contribution >= 0.6 is 0 Å². The molecule has 0 spiro atoms. The van der Waals surface area contributed by atoms with Crippen LogP contribution in [0, 0.1) is 0 Å². The number of aliphatic hydroxyl groups is 3. The van der Waals surface area contributed by atoms with Gasteiger partial charge < -0.3 is 15.3 Å². The average Bonchev–Trinajstić information content (AvgIpc) is 2.30. The zero-order valence-corrected chi connectivity index (χ0v) is 7.40. The second kappa shape index (κ2) is 3.70. The van der Waals surface area contributed by atoms with E-state index in [0.29, 0.717) is 13.1 Å². The molecule has 1 fully saturated rings. The zero-order chi connectivity index (χ0) is 9.19. The predicted octanol–water partition coefficient (Wildman–Crippen LogP) is -1.20. The molecule has 1 aliphatic heterocycles. The van der Waals surface area contributed by atoms with Crippen LogP contribution in [0.25, 0.3) is 0 Å². The zero-order valence-electron chi connectivity index (χ0n) is 7.40. The van der Waals surface area contributed by atoms with Crippen LogP contribution in [0.5, 0.6) is 0 Å². The van der Waals surface area contributed by atoms with Crippen molar-refractivity contribution in [3.8, 4) is 0 Å². The van der Waals surface area contributed by atoms with Crippen LogP contribution in [0.3, 0.4) is 0 Å². The number of aliphatic hydroxyl groups excluding tert-OH is 2. The number of nitrogens with zero attached hydrogens (tertiary/aromatic N) is 1. The van der Waals surface area contributed by atoms with Crippen LogP contribution in [0.1, 0.15) is 13.3 Å². The van der Waals surface area contributed by atoms with Gasteiger partial charge in [-0.15, -0.1) is 0 Å². The molecule has 0 aromatic carbocycles. The lowest BCUT2D eigenvalue weighted by Gasteiger charge is -2.20. The topological polar surface area (TPSA) is 63.9 Å². The summed E-state index contributed by atoms with van der Waals surface area (Å²) in [5, 5.41) is 27.3. The van der Waals surface area contributed by atoms with Crippen molar-refractivity contribution in [2.45, 2.75) is 25.0 Å². The highest BCUT2D eigenvalue weighted by atomic mass is 16.3. The molecular weight excluding hydrogens is 158 g/mol. The first-order valence-electron chi connectivity index (χ1n) is 4.27. The smallest absolute Gasteiger partial charge is 0.0897 e. The van der Waals surface area contributed by atoms with Crippen LogP contribution in [0.4, 0.5) is 0 Å². The third kappa shape index (κ3) is 2.71. The molecule has 0 aromatic heterocycles. The highest BCUT2D eigenvalue weighted by Gasteiger charge is 2.31. The Balaban J connectivity index is 2.28. The molecule has 0 saturated carbocycles. The maximum atomic E-state index is 9.56. The van der Waals surface area contributed by atoms with Gasteiger partial charge in [0.15, 0.2) is 0 Å². The van der Waals surface area contributed by atoms with Gasteiger partial charge >= 0.3 is 0 Å². The van der Waals surface area contributed by atoms with Gasteiger partial charge in [-0.1, -0.05) is 0 Å². The fraction of sp³-hybridized carbons (Fsp3) is 1.00. The van der Waals surface area contributed by atoms with E-state index in [4.69, 9.17) is 10.2 Å². The monoisotopic (exact) mass is 175 g/mol. The Bertz CT molecular complexity index is 149. The summed E-state index contributed by atoms with van der Waals surface area (Å²) < 4.78 is 0.